The molecule has 1 aromatic rings. The van der Waals surface area contributed by atoms with Gasteiger partial charge in [-0.15, -0.1) is 0 Å². The van der Waals surface area contributed by atoms with Crippen molar-refractivity contribution in [2.24, 2.45) is 5.92 Å². The molecule has 0 saturated heterocycles. The highest BCUT2D eigenvalue weighted by molar-refractivity contribution is 5.87. The Labute approximate surface area is 107 Å². The number of aromatic nitrogens is 2. The van der Waals surface area contributed by atoms with Crippen molar-refractivity contribution in [1.29, 1.82) is 0 Å². The van der Waals surface area contributed by atoms with Gasteiger partial charge in [0.05, 0.1) is 0 Å². The molecule has 0 fully saturated rings. The smallest absolute Gasteiger partial charge is 0.311 e. The van der Waals surface area contributed by atoms with Crippen LogP contribution in [0.5, 0.6) is 0 Å². The number of nitrogens with zero attached hydrogens (tertiary/aromatic N) is 2. The van der Waals surface area contributed by atoms with E-state index in [-0.39, 0.29) is 11.6 Å². The predicted molar refractivity (Wildman–Crippen MR) is 71.5 cm³/mol. The third-order valence-electron chi connectivity index (χ3n) is 2.61. The summed E-state index contributed by atoms with van der Waals surface area (Å²) in [5.41, 5.74) is -0.314. The highest BCUT2D eigenvalue weighted by Crippen LogP contribution is 2.07. The van der Waals surface area contributed by atoms with Gasteiger partial charge in [0.25, 0.3) is 0 Å². The molecular weight excluding hydrogens is 230 g/mol. The lowest BCUT2D eigenvalue weighted by molar-refractivity contribution is -0.114. The summed E-state index contributed by atoms with van der Waals surface area (Å²) in [7, 11) is 0. The lowest BCUT2D eigenvalue weighted by Crippen LogP contribution is -2.24. The predicted octanol–water partition coefficient (Wildman–Crippen LogP) is 2.03. The molecule has 5 heteroatoms. The lowest BCUT2D eigenvalue weighted by Gasteiger charge is -2.07. The highest BCUT2D eigenvalue weighted by Gasteiger charge is 2.02. The van der Waals surface area contributed by atoms with Crippen molar-refractivity contribution >= 4 is 11.7 Å². The van der Waals surface area contributed by atoms with Gasteiger partial charge in [-0.3, -0.25) is 9.36 Å². The summed E-state index contributed by atoms with van der Waals surface area (Å²) in [5, 5.41) is 2.49. The van der Waals surface area contributed by atoms with Crippen LogP contribution in [0.15, 0.2) is 17.1 Å². The molecule has 0 aliphatic rings. The summed E-state index contributed by atoms with van der Waals surface area (Å²) in [6.45, 7) is 6.45. The van der Waals surface area contributed by atoms with Crippen LogP contribution in [0.25, 0.3) is 0 Å². The number of carbonyl (C=O) groups is 1. The molecule has 1 heterocycles. The van der Waals surface area contributed by atoms with Gasteiger partial charge in [0.1, 0.15) is 5.82 Å². The summed E-state index contributed by atoms with van der Waals surface area (Å²) in [6, 6.07) is 1.64. The molecule has 0 bridgehead atoms. The number of unbranched alkanes of at least 4 members (excludes halogenated alkanes) is 1. The topological polar surface area (TPSA) is 64.0 Å². The number of anilines is 1. The van der Waals surface area contributed by atoms with Gasteiger partial charge < -0.3 is 5.32 Å². The van der Waals surface area contributed by atoms with Crippen LogP contribution in [0.2, 0.25) is 0 Å². The fourth-order valence-electron chi connectivity index (χ4n) is 1.68. The second kappa shape index (κ2) is 6.93. The number of hydrogen-bond donors (Lipinski definition) is 1. The van der Waals surface area contributed by atoms with E-state index in [0.717, 1.165) is 12.8 Å². The molecule has 0 aromatic carbocycles. The van der Waals surface area contributed by atoms with Gasteiger partial charge in [-0.05, 0) is 18.4 Å². The van der Waals surface area contributed by atoms with Crippen LogP contribution in [0.4, 0.5) is 5.82 Å². The fourth-order valence-corrected chi connectivity index (χ4v) is 1.68. The quantitative estimate of drug-likeness (QED) is 0.787. The zero-order chi connectivity index (χ0) is 13.5. The Hall–Kier alpha value is -1.65. The number of amides is 1. The van der Waals surface area contributed by atoms with E-state index in [2.05, 4.69) is 24.1 Å². The Bertz CT molecular complexity index is 452. The van der Waals surface area contributed by atoms with Crippen molar-refractivity contribution in [3.63, 3.8) is 0 Å². The van der Waals surface area contributed by atoms with Crippen molar-refractivity contribution in [3.8, 4) is 0 Å². The van der Waals surface area contributed by atoms with E-state index in [1.807, 2.05) is 0 Å². The fraction of sp³-hybridized carbons (Fsp3) is 0.615. The number of aryl methyl sites for hydroxylation is 1. The minimum absolute atomic E-state index is 0.225. The van der Waals surface area contributed by atoms with Crippen LogP contribution in [0.3, 0.4) is 0 Å². The summed E-state index contributed by atoms with van der Waals surface area (Å²) in [5.74, 6) is 0.782. The largest absolute Gasteiger partial charge is 0.349 e. The van der Waals surface area contributed by atoms with Crippen molar-refractivity contribution in [3.05, 3.63) is 22.7 Å². The SMILES string of the molecule is CC(=O)Nc1ccn(CCCCC(C)C)c(=O)n1. The third kappa shape index (κ3) is 5.12. The highest BCUT2D eigenvalue weighted by atomic mass is 16.2. The van der Waals surface area contributed by atoms with E-state index >= 15 is 0 Å². The number of nitrogens with one attached hydrogen (secondary N) is 1. The summed E-state index contributed by atoms with van der Waals surface area (Å²) in [6.07, 6.45) is 4.93. The maximum absolute atomic E-state index is 11.7. The summed E-state index contributed by atoms with van der Waals surface area (Å²) in [4.78, 5) is 26.3. The molecule has 0 aliphatic heterocycles. The van der Waals surface area contributed by atoms with Crippen LogP contribution in [0.1, 0.15) is 40.0 Å². The average molecular weight is 251 g/mol. The first kappa shape index (κ1) is 14.4. The molecule has 0 atom stereocenters. The van der Waals surface area contributed by atoms with Gasteiger partial charge in [0.15, 0.2) is 0 Å². The van der Waals surface area contributed by atoms with Gasteiger partial charge in [-0.2, -0.15) is 4.98 Å². The van der Waals surface area contributed by atoms with E-state index in [1.54, 1.807) is 16.8 Å². The first-order chi connectivity index (χ1) is 8.49. The Morgan fingerprint density at radius 3 is 2.72 bits per heavy atom. The van der Waals surface area contributed by atoms with E-state index in [4.69, 9.17) is 0 Å². The molecule has 0 spiro atoms. The first-order valence-electron chi connectivity index (χ1n) is 6.34. The van der Waals surface area contributed by atoms with E-state index in [9.17, 15) is 9.59 Å². The van der Waals surface area contributed by atoms with Crippen molar-refractivity contribution < 1.29 is 4.79 Å². The van der Waals surface area contributed by atoms with Crippen LogP contribution in [-0.2, 0) is 11.3 Å². The third-order valence-corrected chi connectivity index (χ3v) is 2.61. The van der Waals surface area contributed by atoms with Crippen LogP contribution >= 0.6 is 0 Å². The summed E-state index contributed by atoms with van der Waals surface area (Å²) >= 11 is 0. The van der Waals surface area contributed by atoms with Gasteiger partial charge in [-0.1, -0.05) is 26.7 Å². The van der Waals surface area contributed by atoms with Gasteiger partial charge >= 0.3 is 5.69 Å². The van der Waals surface area contributed by atoms with E-state index < -0.39 is 0 Å². The molecule has 1 N–H and O–H groups in total. The lowest BCUT2D eigenvalue weighted by atomic mass is 10.1. The Balaban J connectivity index is 2.52. The molecule has 5 nitrogen and oxygen atoms in total. The molecule has 1 amide bonds. The molecule has 0 radical (unpaired) electrons. The standard InChI is InChI=1S/C13H21N3O2/c1-10(2)6-4-5-8-16-9-7-12(14-11(3)17)15-13(16)18/h7,9-10H,4-6,8H2,1-3H3,(H,14,15,17,18). The Kier molecular flexibility index (Phi) is 5.55. The second-order valence-corrected chi connectivity index (χ2v) is 4.86. The van der Waals surface area contributed by atoms with E-state index in [0.29, 0.717) is 18.3 Å². The normalized spacial score (nSPS) is 10.7. The van der Waals surface area contributed by atoms with Crippen LogP contribution < -0.4 is 11.0 Å². The van der Waals surface area contributed by atoms with E-state index in [1.165, 1.54) is 13.3 Å². The molecule has 0 aliphatic carbocycles. The van der Waals surface area contributed by atoms with Crippen molar-refractivity contribution in [1.82, 2.24) is 9.55 Å². The first-order valence-corrected chi connectivity index (χ1v) is 6.34. The zero-order valence-corrected chi connectivity index (χ0v) is 11.3. The number of carbonyl (C=O) groups excluding carboxylic acids is 1. The van der Waals surface area contributed by atoms with Crippen molar-refractivity contribution in [2.45, 2.75) is 46.6 Å². The van der Waals surface area contributed by atoms with Crippen molar-refractivity contribution in [2.75, 3.05) is 5.32 Å². The zero-order valence-electron chi connectivity index (χ0n) is 11.3. The van der Waals surface area contributed by atoms with Gasteiger partial charge in [-0.25, -0.2) is 4.79 Å². The molecule has 1 rings (SSSR count). The molecule has 1 aromatic heterocycles. The number of hydrogen-bond acceptors (Lipinski definition) is 3. The maximum Gasteiger partial charge on any atom is 0.349 e. The Morgan fingerprint density at radius 1 is 1.44 bits per heavy atom. The molecule has 18 heavy (non-hydrogen) atoms. The Morgan fingerprint density at radius 2 is 2.17 bits per heavy atom. The molecule has 100 valence electrons. The molecule has 0 saturated carbocycles. The van der Waals surface area contributed by atoms with Gasteiger partial charge in [0, 0.05) is 19.7 Å². The van der Waals surface area contributed by atoms with Gasteiger partial charge in [0.2, 0.25) is 5.91 Å². The monoisotopic (exact) mass is 251 g/mol. The minimum atomic E-state index is -0.314. The maximum atomic E-state index is 11.7. The second-order valence-electron chi connectivity index (χ2n) is 4.86. The number of rotatable bonds is 6. The molecule has 0 unspecified atom stereocenters. The van der Waals surface area contributed by atoms with Crippen LogP contribution in [0, 0.1) is 5.92 Å². The van der Waals surface area contributed by atoms with Crippen LogP contribution in [-0.4, -0.2) is 15.5 Å². The summed E-state index contributed by atoms with van der Waals surface area (Å²) < 4.78 is 1.58. The molecular formula is C13H21N3O2. The average Bonchev–Trinajstić information content (AvgIpc) is 2.25. The minimum Gasteiger partial charge on any atom is -0.311 e.